The fourth-order valence-corrected chi connectivity index (χ4v) is 15.7. The first-order valence-corrected chi connectivity index (χ1v) is 31.6. The molecule has 92 heavy (non-hydrogen) atoms. The van der Waals surface area contributed by atoms with Gasteiger partial charge in [0.05, 0.1) is 49.8 Å². The molecule has 0 amide bonds. The first-order chi connectivity index (χ1) is 45.7. The molecule has 13 aromatic carbocycles. The van der Waals surface area contributed by atoms with Crippen LogP contribution < -0.4 is 9.48 Å². The first-order valence-electron chi connectivity index (χ1n) is 31.6. The highest BCUT2D eigenvalue weighted by molar-refractivity contribution is 6.15. The molecule has 1 aliphatic heterocycles. The van der Waals surface area contributed by atoms with Crippen LogP contribution in [0.4, 0.5) is 22.7 Å². The van der Waals surface area contributed by atoms with E-state index < -0.39 is 0 Å². The molecule has 0 unspecified atom stereocenters. The van der Waals surface area contributed by atoms with Crippen molar-refractivity contribution in [1.29, 1.82) is 0 Å². The average molecular weight is 1170 g/mol. The van der Waals surface area contributed by atoms with Gasteiger partial charge in [-0.15, -0.1) is 0 Å². The molecular formula is C85H54N7+. The van der Waals surface area contributed by atoms with Crippen molar-refractivity contribution in [2.24, 2.45) is 0 Å². The predicted molar refractivity (Wildman–Crippen MR) is 384 cm³/mol. The number of hydrogen-bond acceptors (Lipinski definition) is 2. The van der Waals surface area contributed by atoms with E-state index in [-0.39, 0.29) is 0 Å². The molecule has 7 nitrogen and oxygen atoms in total. The van der Waals surface area contributed by atoms with E-state index in [1.165, 1.54) is 65.2 Å². The largest absolute Gasteiger partial charge is 0.326 e. The van der Waals surface area contributed by atoms with Crippen molar-refractivity contribution in [2.45, 2.75) is 0 Å². The smallest absolute Gasteiger partial charge is 0.235 e. The number of anilines is 2. The Labute approximate surface area is 529 Å². The minimum Gasteiger partial charge on any atom is -0.326 e. The quantitative estimate of drug-likeness (QED) is 0.156. The molecule has 0 radical (unpaired) electrons. The van der Waals surface area contributed by atoms with Crippen LogP contribution in [0.25, 0.3) is 155 Å². The van der Waals surface area contributed by atoms with Crippen molar-refractivity contribution in [1.82, 2.24) is 27.8 Å². The zero-order chi connectivity index (χ0) is 60.1. The second-order valence-corrected chi connectivity index (χ2v) is 24.4. The Bertz CT molecular complexity index is 6070. The highest BCUT2D eigenvalue weighted by Crippen LogP contribution is 2.53. The second kappa shape index (κ2) is 19.6. The van der Waals surface area contributed by atoms with E-state index in [2.05, 4.69) is 337 Å². The molecular weight excluding hydrogens is 1120 g/mol. The van der Waals surface area contributed by atoms with Gasteiger partial charge >= 0.3 is 0 Å². The molecule has 0 fully saturated rings. The van der Waals surface area contributed by atoms with Gasteiger partial charge in [0.1, 0.15) is 12.2 Å². The monoisotopic (exact) mass is 1170 g/mol. The Morgan fingerprint density at radius 1 is 0.261 bits per heavy atom. The lowest BCUT2D eigenvalue weighted by molar-refractivity contribution is 1.000. The minimum absolute atomic E-state index is 0.678. The van der Waals surface area contributed by atoms with Crippen LogP contribution >= 0.6 is 0 Å². The molecule has 2 aliphatic rings. The number of fused-ring (bicyclic) bond motifs is 21. The van der Waals surface area contributed by atoms with Crippen molar-refractivity contribution < 1.29 is 0 Å². The number of pyridine rings is 1. The summed E-state index contributed by atoms with van der Waals surface area (Å²) in [6.07, 6.45) is 4.29. The van der Waals surface area contributed by atoms with Gasteiger partial charge in [0.2, 0.25) is 11.4 Å². The summed E-state index contributed by atoms with van der Waals surface area (Å²) in [5, 5.41) is 9.79. The van der Waals surface area contributed by atoms with Gasteiger partial charge in [-0.2, -0.15) is 4.58 Å². The van der Waals surface area contributed by atoms with Crippen molar-refractivity contribution >= 4 is 116 Å². The van der Waals surface area contributed by atoms with E-state index in [0.29, 0.717) is 6.54 Å². The van der Waals surface area contributed by atoms with Crippen molar-refractivity contribution in [2.75, 3.05) is 11.4 Å². The summed E-state index contributed by atoms with van der Waals surface area (Å²) < 4.78 is 12.2. The lowest BCUT2D eigenvalue weighted by atomic mass is 9.81. The lowest BCUT2D eigenvalue weighted by Gasteiger charge is -2.30. The maximum atomic E-state index is 5.49. The molecule has 6 heterocycles. The Morgan fingerprint density at radius 2 is 0.641 bits per heavy atom. The van der Waals surface area contributed by atoms with Crippen LogP contribution in [0.15, 0.2) is 310 Å². The first kappa shape index (κ1) is 50.7. The molecule has 1 aliphatic carbocycles. The van der Waals surface area contributed by atoms with E-state index >= 15 is 0 Å². The normalized spacial score (nSPS) is 12.8. The molecule has 0 N–H and O–H groups in total. The summed E-state index contributed by atoms with van der Waals surface area (Å²) in [5.74, 6) is 0. The number of aromatic nitrogens is 5. The topological polar surface area (TPSA) is 38.9 Å². The van der Waals surface area contributed by atoms with E-state index in [4.69, 9.17) is 4.98 Å². The third-order valence-corrected chi connectivity index (χ3v) is 19.7. The number of rotatable bonds is 6. The molecule has 0 saturated heterocycles. The minimum atomic E-state index is 0.678. The average Bonchev–Trinajstić information content (AvgIpc) is 1.10. The summed E-state index contributed by atoms with van der Waals surface area (Å²) in [5.41, 5.74) is 26.9. The zero-order valence-electron chi connectivity index (χ0n) is 49.9. The Kier molecular flexibility index (Phi) is 10.8. The van der Waals surface area contributed by atoms with E-state index in [0.717, 1.165) is 112 Å². The van der Waals surface area contributed by atoms with Gasteiger partial charge in [0, 0.05) is 107 Å². The highest BCUT2D eigenvalue weighted by atomic mass is 15.2. The van der Waals surface area contributed by atoms with Gasteiger partial charge in [-0.05, 0) is 149 Å². The number of para-hydroxylation sites is 8. The fourth-order valence-electron chi connectivity index (χ4n) is 15.7. The van der Waals surface area contributed by atoms with Crippen molar-refractivity contribution in [3.05, 3.63) is 310 Å². The molecule has 20 rings (SSSR count). The number of benzene rings is 13. The maximum absolute atomic E-state index is 5.49. The van der Waals surface area contributed by atoms with Crippen molar-refractivity contribution in [3.63, 3.8) is 0 Å². The summed E-state index contributed by atoms with van der Waals surface area (Å²) in [6.45, 7) is 0.678. The maximum Gasteiger partial charge on any atom is 0.235 e. The van der Waals surface area contributed by atoms with Crippen molar-refractivity contribution in [3.8, 4) is 67.4 Å². The number of nitrogens with zero attached hydrogens (tertiary/aromatic N) is 7. The Morgan fingerprint density at radius 3 is 1.12 bits per heavy atom. The zero-order valence-corrected chi connectivity index (χ0v) is 49.9. The SMILES string of the molecule is C1=[N+](c2ccccc2)c2cc3c(cc2N(c2ccccc2)C1)-c1ncccc1-c1cc(-n2c4ccccc4c4cc(-n5c6ccccc6c6ccccc65)ccc42)ccc1-c1ccc(-n2c4ccccc4c4cc(-n5c6ccccc6c6ccccc65)ccc42)cc1-3. The van der Waals surface area contributed by atoms with E-state index in [1.807, 2.05) is 6.20 Å². The van der Waals surface area contributed by atoms with Gasteiger partial charge in [-0.25, -0.2) is 0 Å². The molecule has 5 aromatic heterocycles. The van der Waals surface area contributed by atoms with Gasteiger partial charge in [-0.1, -0.05) is 164 Å². The van der Waals surface area contributed by atoms with Crippen LogP contribution in [0, 0.1) is 0 Å². The number of hydrogen-bond donors (Lipinski definition) is 0. The van der Waals surface area contributed by atoms with Gasteiger partial charge in [-0.3, -0.25) is 4.98 Å². The summed E-state index contributed by atoms with van der Waals surface area (Å²) >= 11 is 0. The van der Waals surface area contributed by atoms with Crippen LogP contribution in [0.2, 0.25) is 0 Å². The Hall–Kier alpha value is -12.3. The van der Waals surface area contributed by atoms with Crippen LogP contribution in [-0.4, -0.2) is 36.0 Å². The van der Waals surface area contributed by atoms with Gasteiger partial charge < -0.3 is 23.2 Å². The Balaban J connectivity index is 0.831. The van der Waals surface area contributed by atoms with Gasteiger partial charge in [0.15, 0.2) is 6.21 Å². The molecule has 18 aromatic rings. The fraction of sp³-hybridized carbons (Fsp3) is 0.0118. The molecule has 428 valence electrons. The van der Waals surface area contributed by atoms with Crippen LogP contribution in [0.3, 0.4) is 0 Å². The van der Waals surface area contributed by atoms with Crippen LogP contribution in [-0.2, 0) is 0 Å². The molecule has 0 atom stereocenters. The second-order valence-electron chi connectivity index (χ2n) is 24.4. The predicted octanol–water partition coefficient (Wildman–Crippen LogP) is 21.5. The third-order valence-electron chi connectivity index (χ3n) is 19.7. The van der Waals surface area contributed by atoms with Crippen LogP contribution in [0.1, 0.15) is 0 Å². The summed E-state index contributed by atoms with van der Waals surface area (Å²) in [4.78, 5) is 7.94. The van der Waals surface area contributed by atoms with Gasteiger partial charge in [0.25, 0.3) is 0 Å². The standard InChI is InChI=1S/C85H54N7/c1-3-20-54(21-4-1)87-46-47-88(55-22-5-2-6-23-55)84-53-74-71(52-83(84)87)70-49-57(92-80-36-18-12-29-67(80)73-51-59(40-44-82(73)92)90-77-33-15-9-26-64(77)65-27-10-16-34-78(65)90)38-42-61(70)60-41-37-56(48-69(60)68-30-19-45-86-85(68)74)91-79-35-17-11-28-66(79)72-50-58(39-43-81(72)91)89-75-31-13-7-24-62(75)63-25-8-14-32-76(63)89/h1-46,48-53H,47H2/q+1. The molecule has 0 spiro atoms. The molecule has 7 heteroatoms. The lowest BCUT2D eigenvalue weighted by Crippen LogP contribution is -2.29. The summed E-state index contributed by atoms with van der Waals surface area (Å²) in [7, 11) is 0. The van der Waals surface area contributed by atoms with E-state index in [1.54, 1.807) is 0 Å². The molecule has 0 bridgehead atoms. The van der Waals surface area contributed by atoms with E-state index in [9.17, 15) is 0 Å². The highest BCUT2D eigenvalue weighted by Gasteiger charge is 2.34. The molecule has 0 saturated carbocycles. The van der Waals surface area contributed by atoms with Crippen LogP contribution in [0.5, 0.6) is 0 Å². The summed E-state index contributed by atoms with van der Waals surface area (Å²) in [6, 6.07) is 112. The third kappa shape index (κ3) is 7.33.